The number of sulfonamides is 2. The molecule has 2 N–H and O–H groups in total. The average molecular weight is 635 g/mol. The molecule has 4 aromatic rings. The number of anilines is 3. The zero-order valence-electron chi connectivity index (χ0n) is 21.7. The summed E-state index contributed by atoms with van der Waals surface area (Å²) < 4.78 is 94.0. The predicted octanol–water partition coefficient (Wildman–Crippen LogP) is 5.25. The monoisotopic (exact) mass is 634 g/mol. The van der Waals surface area contributed by atoms with Crippen molar-refractivity contribution < 1.29 is 39.7 Å². The Kier molecular flexibility index (Phi) is 8.72. The number of non-ortho nitro benzene ring substituents is 1. The Bertz CT molecular complexity index is 1870. The first-order valence-corrected chi connectivity index (χ1v) is 15.0. The Balaban J connectivity index is 1.54. The lowest BCUT2D eigenvalue weighted by Gasteiger charge is -2.24. The van der Waals surface area contributed by atoms with Crippen LogP contribution in [-0.4, -0.2) is 34.2 Å². The number of carbonyl (C=O) groups is 1. The molecule has 1 amide bonds. The van der Waals surface area contributed by atoms with E-state index in [9.17, 15) is 44.9 Å². The SMILES string of the molecule is O=C(CN(c1cccc([N+](=O)[O-])c1)S(=O)(=O)c1ccccc1)Nc1ccc(S(=O)(=O)Nc2cccc(C(F)(F)F)c2)cc1. The predicted molar refractivity (Wildman–Crippen MR) is 151 cm³/mol. The second-order valence-corrected chi connectivity index (χ2v) is 12.4. The third-order valence-corrected chi connectivity index (χ3v) is 9.02. The lowest BCUT2D eigenvalue weighted by molar-refractivity contribution is -0.384. The van der Waals surface area contributed by atoms with E-state index in [1.807, 2.05) is 0 Å². The lowest BCUT2D eigenvalue weighted by atomic mass is 10.2. The van der Waals surface area contributed by atoms with Gasteiger partial charge in [-0.1, -0.05) is 30.3 Å². The molecule has 0 saturated carbocycles. The minimum Gasteiger partial charge on any atom is -0.325 e. The molecular weight excluding hydrogens is 613 g/mol. The van der Waals surface area contributed by atoms with Gasteiger partial charge in [0.15, 0.2) is 0 Å². The van der Waals surface area contributed by atoms with Gasteiger partial charge in [-0.3, -0.25) is 23.9 Å². The molecular formula is C27H21F3N4O7S2. The van der Waals surface area contributed by atoms with E-state index in [2.05, 4.69) is 10.0 Å². The number of alkyl halides is 3. The minimum atomic E-state index is -4.67. The van der Waals surface area contributed by atoms with Crippen LogP contribution in [-0.2, 0) is 31.0 Å². The summed E-state index contributed by atoms with van der Waals surface area (Å²) in [6, 6.07) is 20.0. The van der Waals surface area contributed by atoms with Crippen molar-refractivity contribution in [1.29, 1.82) is 0 Å². The van der Waals surface area contributed by atoms with E-state index >= 15 is 0 Å². The van der Waals surface area contributed by atoms with Gasteiger partial charge in [-0.25, -0.2) is 16.8 Å². The molecule has 4 aromatic carbocycles. The van der Waals surface area contributed by atoms with Gasteiger partial charge in [0.25, 0.3) is 25.7 Å². The third kappa shape index (κ3) is 7.47. The first kappa shape index (κ1) is 31.0. The van der Waals surface area contributed by atoms with Crippen LogP contribution < -0.4 is 14.3 Å². The Labute approximate surface area is 243 Å². The number of hydrogen-bond donors (Lipinski definition) is 2. The summed E-state index contributed by atoms with van der Waals surface area (Å²) in [5.74, 6) is -0.858. The van der Waals surface area contributed by atoms with E-state index in [1.165, 1.54) is 48.5 Å². The summed E-state index contributed by atoms with van der Waals surface area (Å²) >= 11 is 0. The second-order valence-electron chi connectivity index (χ2n) is 8.86. The van der Waals surface area contributed by atoms with Gasteiger partial charge < -0.3 is 5.32 Å². The summed E-state index contributed by atoms with van der Waals surface area (Å²) in [5, 5.41) is 13.7. The zero-order chi connectivity index (χ0) is 31.4. The molecule has 0 unspecified atom stereocenters. The van der Waals surface area contributed by atoms with E-state index in [0.29, 0.717) is 10.4 Å². The fourth-order valence-electron chi connectivity index (χ4n) is 3.82. The molecule has 0 aliphatic carbocycles. The number of nitrogens with one attached hydrogen (secondary N) is 2. The van der Waals surface area contributed by atoms with Crippen LogP contribution in [0.3, 0.4) is 0 Å². The van der Waals surface area contributed by atoms with Gasteiger partial charge in [-0.05, 0) is 60.7 Å². The molecule has 0 saturated heterocycles. The average Bonchev–Trinajstić information content (AvgIpc) is 2.96. The van der Waals surface area contributed by atoms with Crippen LogP contribution in [0.4, 0.5) is 35.9 Å². The van der Waals surface area contributed by atoms with Crippen molar-refractivity contribution in [3.05, 3.63) is 119 Å². The largest absolute Gasteiger partial charge is 0.416 e. The number of benzene rings is 4. The van der Waals surface area contributed by atoms with Gasteiger partial charge >= 0.3 is 6.18 Å². The highest BCUT2D eigenvalue weighted by Gasteiger charge is 2.31. The highest BCUT2D eigenvalue weighted by Crippen LogP contribution is 2.31. The Morgan fingerprint density at radius 3 is 2.07 bits per heavy atom. The van der Waals surface area contributed by atoms with Crippen LogP contribution in [0, 0.1) is 10.1 Å². The van der Waals surface area contributed by atoms with Crippen molar-refractivity contribution in [2.75, 3.05) is 20.9 Å². The second kappa shape index (κ2) is 12.1. The van der Waals surface area contributed by atoms with Crippen molar-refractivity contribution in [2.24, 2.45) is 0 Å². The summed E-state index contributed by atoms with van der Waals surface area (Å²) in [5.41, 5.74) is -1.83. The highest BCUT2D eigenvalue weighted by atomic mass is 32.2. The molecule has 16 heteroatoms. The smallest absolute Gasteiger partial charge is 0.325 e. The zero-order valence-corrected chi connectivity index (χ0v) is 23.4. The maximum Gasteiger partial charge on any atom is 0.416 e. The molecule has 43 heavy (non-hydrogen) atoms. The molecule has 4 rings (SSSR count). The molecule has 0 aliphatic heterocycles. The third-order valence-electron chi connectivity index (χ3n) is 5.84. The molecule has 0 fully saturated rings. The van der Waals surface area contributed by atoms with Gasteiger partial charge in [-0.2, -0.15) is 13.2 Å². The van der Waals surface area contributed by atoms with Crippen LogP contribution in [0.5, 0.6) is 0 Å². The van der Waals surface area contributed by atoms with E-state index in [-0.39, 0.29) is 26.9 Å². The lowest BCUT2D eigenvalue weighted by Crippen LogP contribution is -2.38. The Morgan fingerprint density at radius 1 is 0.791 bits per heavy atom. The molecule has 0 aromatic heterocycles. The number of halogens is 3. The molecule has 11 nitrogen and oxygen atoms in total. The van der Waals surface area contributed by atoms with E-state index in [0.717, 1.165) is 42.5 Å². The molecule has 0 atom stereocenters. The van der Waals surface area contributed by atoms with E-state index < -0.39 is 54.8 Å². The van der Waals surface area contributed by atoms with Crippen molar-refractivity contribution in [2.45, 2.75) is 16.0 Å². The summed E-state index contributed by atoms with van der Waals surface area (Å²) in [7, 11) is -8.67. The van der Waals surface area contributed by atoms with Gasteiger partial charge in [-0.15, -0.1) is 0 Å². The number of hydrogen-bond acceptors (Lipinski definition) is 7. The molecule has 224 valence electrons. The number of nitro benzene ring substituents is 1. The van der Waals surface area contributed by atoms with Crippen LogP contribution in [0.15, 0.2) is 113 Å². The number of nitro groups is 1. The highest BCUT2D eigenvalue weighted by molar-refractivity contribution is 7.93. The van der Waals surface area contributed by atoms with Crippen LogP contribution in [0.25, 0.3) is 0 Å². The summed E-state index contributed by atoms with van der Waals surface area (Å²) in [4.78, 5) is 23.0. The van der Waals surface area contributed by atoms with Crippen LogP contribution in [0.1, 0.15) is 5.56 Å². The summed E-state index contributed by atoms with van der Waals surface area (Å²) in [6.07, 6.45) is -4.67. The number of nitrogens with zero attached hydrogens (tertiary/aromatic N) is 2. The number of rotatable bonds is 10. The molecule has 0 aliphatic rings. The van der Waals surface area contributed by atoms with Crippen molar-refractivity contribution >= 4 is 48.7 Å². The number of amides is 1. The van der Waals surface area contributed by atoms with E-state index in [1.54, 1.807) is 6.07 Å². The molecule has 0 spiro atoms. The summed E-state index contributed by atoms with van der Waals surface area (Å²) in [6.45, 7) is -0.796. The minimum absolute atomic E-state index is 0.0686. The Morgan fingerprint density at radius 2 is 1.44 bits per heavy atom. The first-order chi connectivity index (χ1) is 20.2. The maximum absolute atomic E-state index is 13.4. The van der Waals surface area contributed by atoms with Gasteiger partial charge in [0.2, 0.25) is 5.91 Å². The molecule has 0 bridgehead atoms. The molecule has 0 radical (unpaired) electrons. The Hall–Kier alpha value is -4.96. The fourth-order valence-corrected chi connectivity index (χ4v) is 6.30. The van der Waals surface area contributed by atoms with E-state index in [4.69, 9.17) is 0 Å². The van der Waals surface area contributed by atoms with Crippen LogP contribution >= 0.6 is 0 Å². The van der Waals surface area contributed by atoms with Crippen molar-refractivity contribution in [3.63, 3.8) is 0 Å². The van der Waals surface area contributed by atoms with Gasteiger partial charge in [0.1, 0.15) is 6.54 Å². The van der Waals surface area contributed by atoms with Gasteiger partial charge in [0.05, 0.1) is 26.0 Å². The normalized spacial score (nSPS) is 11.9. The van der Waals surface area contributed by atoms with Gasteiger partial charge in [0, 0.05) is 23.5 Å². The standard InChI is InChI=1S/C27H21F3N4O7S2/c28-27(29,30)19-6-4-7-21(16-19)32-42(38,39)24-14-12-20(13-15-24)31-26(35)18-33(22-8-5-9-23(17-22)34(36)37)43(40,41)25-10-2-1-3-11-25/h1-17,32H,18H2,(H,31,35). The molecule has 0 heterocycles. The van der Waals surface area contributed by atoms with Crippen molar-refractivity contribution in [1.82, 2.24) is 0 Å². The van der Waals surface area contributed by atoms with Crippen LogP contribution in [0.2, 0.25) is 0 Å². The van der Waals surface area contributed by atoms with Crippen molar-refractivity contribution in [3.8, 4) is 0 Å². The fraction of sp³-hybridized carbons (Fsp3) is 0.0741. The quantitative estimate of drug-likeness (QED) is 0.178. The first-order valence-electron chi connectivity index (χ1n) is 12.1. The maximum atomic E-state index is 13.4. The number of carbonyl (C=O) groups excluding carboxylic acids is 1. The topological polar surface area (TPSA) is 156 Å².